The molecule has 3 atom stereocenters. The van der Waals surface area contributed by atoms with Crippen molar-refractivity contribution in [1.82, 2.24) is 5.32 Å². The van der Waals surface area contributed by atoms with Gasteiger partial charge in [-0.2, -0.15) is 0 Å². The van der Waals surface area contributed by atoms with Gasteiger partial charge in [0.05, 0.1) is 33.8 Å². The van der Waals surface area contributed by atoms with Gasteiger partial charge in [-0.15, -0.1) is 0 Å². The number of carbonyl (C=O) groups is 2. The second-order valence-corrected chi connectivity index (χ2v) is 23.6. The van der Waals surface area contributed by atoms with Crippen LogP contribution in [0.2, 0.25) is 0 Å². The molecular formula is C63H119N2O7P. The van der Waals surface area contributed by atoms with Crippen molar-refractivity contribution in [1.29, 1.82) is 0 Å². The highest BCUT2D eigenvalue weighted by atomic mass is 31.2. The van der Waals surface area contributed by atoms with E-state index in [2.05, 4.69) is 62.5 Å². The molecule has 1 N–H and O–H groups in total. The number of unbranched alkanes of at least 4 members (excludes halogenated alkanes) is 34. The highest BCUT2D eigenvalue weighted by Crippen LogP contribution is 2.38. The predicted octanol–water partition coefficient (Wildman–Crippen LogP) is 18.3. The molecule has 0 aliphatic heterocycles. The van der Waals surface area contributed by atoms with Gasteiger partial charge in [0, 0.05) is 12.8 Å². The second kappa shape index (κ2) is 53.4. The number of quaternary nitrogens is 1. The van der Waals surface area contributed by atoms with E-state index in [0.717, 1.165) is 70.6 Å². The number of nitrogens with zero attached hydrogens (tertiary/aromatic N) is 1. The maximum atomic E-state index is 13.5. The number of phosphoric ester groups is 1. The quantitative estimate of drug-likeness (QED) is 0.0212. The first-order chi connectivity index (χ1) is 35.4. The van der Waals surface area contributed by atoms with Crippen LogP contribution in [0.1, 0.15) is 290 Å². The van der Waals surface area contributed by atoms with E-state index in [4.69, 9.17) is 13.8 Å². The number of allylic oxidation sites excluding steroid dienone is 7. The number of carbonyl (C=O) groups excluding carboxylic acids is 2. The van der Waals surface area contributed by atoms with Crippen molar-refractivity contribution in [3.05, 3.63) is 48.6 Å². The third-order valence-electron chi connectivity index (χ3n) is 13.7. The molecule has 428 valence electrons. The number of rotatable bonds is 56. The number of likely N-dealkylation sites (N-methyl/N-ethyl adjacent to an activating group) is 1. The van der Waals surface area contributed by atoms with E-state index < -0.39 is 26.6 Å². The molecule has 0 fully saturated rings. The Balaban J connectivity index is 5.13. The molecule has 0 aromatic carbocycles. The van der Waals surface area contributed by atoms with Gasteiger partial charge in [-0.3, -0.25) is 14.2 Å². The molecule has 0 aliphatic carbocycles. The Bertz CT molecular complexity index is 1390. The molecule has 0 saturated heterocycles. The molecule has 0 rings (SSSR count). The van der Waals surface area contributed by atoms with E-state index in [1.807, 2.05) is 33.3 Å². The van der Waals surface area contributed by atoms with Crippen LogP contribution in [0.5, 0.6) is 0 Å². The number of phosphoric acid groups is 1. The lowest BCUT2D eigenvalue weighted by Crippen LogP contribution is -2.47. The Kier molecular flexibility index (Phi) is 51.9. The molecule has 9 nitrogen and oxygen atoms in total. The van der Waals surface area contributed by atoms with Crippen LogP contribution in [0, 0.1) is 0 Å². The Hall–Kier alpha value is -2.03. The van der Waals surface area contributed by atoms with Crippen LogP contribution in [0.15, 0.2) is 48.6 Å². The van der Waals surface area contributed by atoms with Gasteiger partial charge >= 0.3 is 5.97 Å². The fraction of sp³-hybridized carbons (Fsp3) is 0.841. The van der Waals surface area contributed by atoms with Crippen LogP contribution in [-0.4, -0.2) is 69.4 Å². The van der Waals surface area contributed by atoms with E-state index in [1.54, 1.807) is 0 Å². The summed E-state index contributed by atoms with van der Waals surface area (Å²) < 4.78 is 30.3. The molecule has 10 heteroatoms. The standard InChI is InChI=1S/C63H119N2O7P/c1-7-10-13-16-19-22-25-27-28-29-30-31-32-33-34-35-36-38-40-43-46-49-52-55-62(66)64-60(59-71-73(68,69)70-58-57-65(4,5)6)61(54-51-48-45-42-39-24-21-18-15-12-9-3)72-63(67)56-53-50-47-44-41-37-26-23-20-17-14-11-8-2/h19,22,27-28,37,41,51,54,60-61H,7-18,20-21,23-26,29-36,38-40,42-50,52-53,55-59H2,1-6H3,(H-,64,66,68,69)/b22-19-,28-27-,41-37-,54-51-. The lowest BCUT2D eigenvalue weighted by atomic mass is 10.0. The molecule has 0 aromatic rings. The Morgan fingerprint density at radius 3 is 1.29 bits per heavy atom. The molecule has 1 amide bonds. The molecule has 0 spiro atoms. The lowest BCUT2D eigenvalue weighted by molar-refractivity contribution is -0.870. The van der Waals surface area contributed by atoms with Gasteiger partial charge in [0.1, 0.15) is 19.3 Å². The normalized spacial score (nSPS) is 14.0. The van der Waals surface area contributed by atoms with Gasteiger partial charge in [0.2, 0.25) is 5.91 Å². The van der Waals surface area contributed by atoms with Crippen molar-refractivity contribution in [2.24, 2.45) is 0 Å². The summed E-state index contributed by atoms with van der Waals surface area (Å²) in [6.07, 6.45) is 65.1. The maximum Gasteiger partial charge on any atom is 0.306 e. The Morgan fingerprint density at radius 1 is 0.479 bits per heavy atom. The van der Waals surface area contributed by atoms with Crippen LogP contribution in [0.3, 0.4) is 0 Å². The minimum Gasteiger partial charge on any atom is -0.756 e. The molecule has 3 unspecified atom stereocenters. The molecule has 0 aromatic heterocycles. The third kappa shape index (κ3) is 54.6. The number of hydrogen-bond donors (Lipinski definition) is 1. The van der Waals surface area contributed by atoms with Gasteiger partial charge in [0.15, 0.2) is 0 Å². The minimum absolute atomic E-state index is 0.0240. The molecular weight excluding hydrogens is 928 g/mol. The zero-order valence-corrected chi connectivity index (χ0v) is 49.7. The van der Waals surface area contributed by atoms with E-state index in [-0.39, 0.29) is 24.9 Å². The third-order valence-corrected chi connectivity index (χ3v) is 14.7. The fourth-order valence-corrected chi connectivity index (χ4v) is 9.62. The van der Waals surface area contributed by atoms with Gasteiger partial charge in [-0.1, -0.05) is 237 Å². The molecule has 0 radical (unpaired) electrons. The second-order valence-electron chi connectivity index (χ2n) is 22.2. The van der Waals surface area contributed by atoms with Gasteiger partial charge < -0.3 is 28.5 Å². The summed E-state index contributed by atoms with van der Waals surface area (Å²) in [6, 6.07) is -0.892. The van der Waals surface area contributed by atoms with Crippen LogP contribution in [0.25, 0.3) is 0 Å². The number of esters is 1. The Morgan fingerprint density at radius 2 is 0.836 bits per heavy atom. The molecule has 73 heavy (non-hydrogen) atoms. The summed E-state index contributed by atoms with van der Waals surface area (Å²) in [5.41, 5.74) is 0. The number of nitrogens with one attached hydrogen (secondary N) is 1. The van der Waals surface area contributed by atoms with Crippen LogP contribution < -0.4 is 10.2 Å². The van der Waals surface area contributed by atoms with Crippen molar-refractivity contribution in [2.75, 3.05) is 40.9 Å². The fourth-order valence-electron chi connectivity index (χ4n) is 8.90. The van der Waals surface area contributed by atoms with Crippen molar-refractivity contribution in [3.63, 3.8) is 0 Å². The van der Waals surface area contributed by atoms with Crippen molar-refractivity contribution in [2.45, 2.75) is 303 Å². The summed E-state index contributed by atoms with van der Waals surface area (Å²) >= 11 is 0. The first-order valence-electron chi connectivity index (χ1n) is 30.9. The first kappa shape index (κ1) is 71.0. The zero-order valence-electron chi connectivity index (χ0n) is 48.8. The molecule has 0 bridgehead atoms. The highest BCUT2D eigenvalue weighted by Gasteiger charge is 2.27. The predicted molar refractivity (Wildman–Crippen MR) is 312 cm³/mol. The maximum absolute atomic E-state index is 13.5. The van der Waals surface area contributed by atoms with Gasteiger partial charge in [-0.05, 0) is 89.5 Å². The largest absolute Gasteiger partial charge is 0.756 e. The van der Waals surface area contributed by atoms with Gasteiger partial charge in [-0.25, -0.2) is 0 Å². The van der Waals surface area contributed by atoms with E-state index >= 15 is 0 Å². The van der Waals surface area contributed by atoms with Crippen LogP contribution in [-0.2, 0) is 27.9 Å². The van der Waals surface area contributed by atoms with Gasteiger partial charge in [0.25, 0.3) is 7.82 Å². The monoisotopic (exact) mass is 1050 g/mol. The highest BCUT2D eigenvalue weighted by molar-refractivity contribution is 7.45. The van der Waals surface area contributed by atoms with Crippen LogP contribution in [0.4, 0.5) is 0 Å². The molecule has 0 heterocycles. The lowest BCUT2D eigenvalue weighted by Gasteiger charge is -2.30. The number of ether oxygens (including phenoxy) is 1. The summed E-state index contributed by atoms with van der Waals surface area (Å²) in [5, 5.41) is 3.02. The van der Waals surface area contributed by atoms with E-state index in [1.165, 1.54) is 180 Å². The van der Waals surface area contributed by atoms with Crippen LogP contribution >= 0.6 is 7.82 Å². The van der Waals surface area contributed by atoms with Crippen molar-refractivity contribution in [3.8, 4) is 0 Å². The number of amides is 1. The SMILES string of the molecule is CCCCC/C=C\C/C=C\CCCCCCCCCCCCCCCC(=O)NC(COP(=O)([O-])OCC[N+](C)(C)C)C(/C=C\CCCCCCCCCCC)OC(=O)CCCCC/C=C\CCCCCCCC. The van der Waals surface area contributed by atoms with E-state index in [9.17, 15) is 19.0 Å². The summed E-state index contributed by atoms with van der Waals surface area (Å²) in [6.45, 7) is 6.81. The summed E-state index contributed by atoms with van der Waals surface area (Å²) in [4.78, 5) is 39.9. The first-order valence-corrected chi connectivity index (χ1v) is 32.4. The van der Waals surface area contributed by atoms with E-state index in [0.29, 0.717) is 23.9 Å². The average molecular weight is 1050 g/mol. The minimum atomic E-state index is -4.70. The Labute approximate surface area is 452 Å². The molecule has 0 aliphatic rings. The topological polar surface area (TPSA) is 114 Å². The summed E-state index contributed by atoms with van der Waals surface area (Å²) in [5.74, 6) is -0.554. The smallest absolute Gasteiger partial charge is 0.306 e. The van der Waals surface area contributed by atoms with Crippen molar-refractivity contribution < 1.29 is 37.3 Å². The molecule has 0 saturated carbocycles. The number of hydrogen-bond acceptors (Lipinski definition) is 7. The summed E-state index contributed by atoms with van der Waals surface area (Å²) in [7, 11) is 1.18. The average Bonchev–Trinajstić information content (AvgIpc) is 3.35. The van der Waals surface area contributed by atoms with Crippen molar-refractivity contribution >= 4 is 19.7 Å². The zero-order chi connectivity index (χ0) is 53.6.